The fraction of sp³-hybridized carbons (Fsp3) is 0.571. The van der Waals surface area contributed by atoms with Crippen molar-refractivity contribution in [2.45, 2.75) is 25.7 Å². The normalized spacial score (nSPS) is 16.7. The molecule has 1 aromatic carbocycles. The lowest BCUT2D eigenvalue weighted by atomic mass is 10.1. The van der Waals surface area contributed by atoms with Crippen molar-refractivity contribution in [3.05, 3.63) is 30.1 Å². The van der Waals surface area contributed by atoms with Crippen LogP contribution in [0.5, 0.6) is 0 Å². The Kier molecular flexibility index (Phi) is 4.80. The van der Waals surface area contributed by atoms with Crippen molar-refractivity contribution >= 4 is 15.5 Å². The Hall–Kier alpha value is -1.10. The summed E-state index contributed by atoms with van der Waals surface area (Å²) in [5.41, 5.74) is 0.748. The number of anilines is 1. The maximum Gasteiger partial charge on any atom is 0.152 e. The maximum atomic E-state index is 12.7. The lowest BCUT2D eigenvalue weighted by Gasteiger charge is -2.11. The van der Waals surface area contributed by atoms with E-state index < -0.39 is 9.84 Å². The number of sulfone groups is 1. The average molecular weight is 285 g/mol. The zero-order valence-corrected chi connectivity index (χ0v) is 11.8. The molecular formula is C14H20FNO2S. The highest BCUT2D eigenvalue weighted by molar-refractivity contribution is 7.91. The van der Waals surface area contributed by atoms with Crippen LogP contribution in [0.3, 0.4) is 0 Å². The first-order valence-corrected chi connectivity index (χ1v) is 8.57. The molecule has 19 heavy (non-hydrogen) atoms. The van der Waals surface area contributed by atoms with Crippen molar-refractivity contribution in [3.8, 4) is 0 Å². The van der Waals surface area contributed by atoms with E-state index in [4.69, 9.17) is 0 Å². The molecule has 1 aliphatic carbocycles. The number of halogens is 1. The highest BCUT2D eigenvalue weighted by Crippen LogP contribution is 2.26. The van der Waals surface area contributed by atoms with Crippen LogP contribution in [0, 0.1) is 11.7 Å². The van der Waals surface area contributed by atoms with Crippen molar-refractivity contribution in [1.82, 2.24) is 0 Å². The molecule has 1 saturated carbocycles. The van der Waals surface area contributed by atoms with Gasteiger partial charge in [-0.1, -0.05) is 12.8 Å². The fourth-order valence-electron chi connectivity index (χ4n) is 2.54. The lowest BCUT2D eigenvalue weighted by Crippen LogP contribution is -2.22. The zero-order valence-electron chi connectivity index (χ0n) is 10.9. The first kappa shape index (κ1) is 14.3. The number of benzene rings is 1. The Bertz CT molecular complexity index is 493. The van der Waals surface area contributed by atoms with Gasteiger partial charge in [-0.2, -0.15) is 0 Å². The van der Waals surface area contributed by atoms with Gasteiger partial charge in [0.05, 0.1) is 11.5 Å². The molecule has 1 aromatic rings. The van der Waals surface area contributed by atoms with Crippen LogP contribution >= 0.6 is 0 Å². The summed E-state index contributed by atoms with van der Waals surface area (Å²) in [5, 5.41) is 3.01. The first-order valence-electron chi connectivity index (χ1n) is 6.75. The summed E-state index contributed by atoms with van der Waals surface area (Å²) >= 11 is 0. The van der Waals surface area contributed by atoms with Gasteiger partial charge in [0.25, 0.3) is 0 Å². The van der Waals surface area contributed by atoms with E-state index >= 15 is 0 Å². The van der Waals surface area contributed by atoms with E-state index in [1.54, 1.807) is 12.1 Å². The van der Waals surface area contributed by atoms with Crippen molar-refractivity contribution in [2.24, 2.45) is 5.92 Å². The van der Waals surface area contributed by atoms with Gasteiger partial charge < -0.3 is 5.32 Å². The van der Waals surface area contributed by atoms with Gasteiger partial charge in [-0.15, -0.1) is 0 Å². The van der Waals surface area contributed by atoms with Crippen LogP contribution in [0.2, 0.25) is 0 Å². The predicted octanol–water partition coefficient (Wildman–Crippen LogP) is 2.84. The van der Waals surface area contributed by atoms with Crippen molar-refractivity contribution in [1.29, 1.82) is 0 Å². The molecule has 5 heteroatoms. The molecular weight excluding hydrogens is 265 g/mol. The van der Waals surface area contributed by atoms with Gasteiger partial charge in [-0.05, 0) is 43.0 Å². The molecule has 106 valence electrons. The molecule has 1 N–H and O–H groups in total. The topological polar surface area (TPSA) is 46.2 Å². The number of hydrogen-bond donors (Lipinski definition) is 1. The van der Waals surface area contributed by atoms with E-state index in [9.17, 15) is 12.8 Å². The van der Waals surface area contributed by atoms with Crippen molar-refractivity contribution < 1.29 is 12.8 Å². The van der Waals surface area contributed by atoms with Crippen LogP contribution in [0.1, 0.15) is 25.7 Å². The molecule has 1 fully saturated rings. The minimum absolute atomic E-state index is 0.140. The second-order valence-electron chi connectivity index (χ2n) is 5.20. The Labute approximate surface area is 114 Å². The third-order valence-corrected chi connectivity index (χ3v) is 5.36. The molecule has 0 bridgehead atoms. The van der Waals surface area contributed by atoms with Gasteiger partial charge in [0.15, 0.2) is 9.84 Å². The zero-order chi connectivity index (χ0) is 13.7. The van der Waals surface area contributed by atoms with E-state index in [0.29, 0.717) is 18.2 Å². The van der Waals surface area contributed by atoms with Crippen LogP contribution in [-0.2, 0) is 9.84 Å². The molecule has 3 nitrogen and oxygen atoms in total. The van der Waals surface area contributed by atoms with Gasteiger partial charge in [-0.25, -0.2) is 12.8 Å². The summed E-state index contributed by atoms with van der Waals surface area (Å²) < 4.78 is 36.6. The summed E-state index contributed by atoms with van der Waals surface area (Å²) in [6.07, 6.45) is 4.41. The standard InChI is InChI=1S/C14H20FNO2S/c15-13-5-7-14(8-6-13)16-9-10-19(17,18)11-12-3-1-2-4-12/h5-8,12,16H,1-4,9-11H2. The van der Waals surface area contributed by atoms with Gasteiger partial charge in [0, 0.05) is 12.2 Å². The third kappa shape index (κ3) is 4.82. The minimum atomic E-state index is -2.98. The Balaban J connectivity index is 1.76. The number of nitrogens with one attached hydrogen (secondary N) is 1. The van der Waals surface area contributed by atoms with E-state index in [1.807, 2.05) is 0 Å². The van der Waals surface area contributed by atoms with Crippen LogP contribution in [0.4, 0.5) is 10.1 Å². The molecule has 0 aliphatic heterocycles. The number of rotatable bonds is 6. The molecule has 0 spiro atoms. The molecule has 0 heterocycles. The highest BCUT2D eigenvalue weighted by atomic mass is 32.2. The van der Waals surface area contributed by atoms with E-state index in [2.05, 4.69) is 5.32 Å². The van der Waals surface area contributed by atoms with Crippen LogP contribution in [-0.4, -0.2) is 26.5 Å². The monoisotopic (exact) mass is 285 g/mol. The summed E-state index contributed by atoms with van der Waals surface area (Å²) in [4.78, 5) is 0. The highest BCUT2D eigenvalue weighted by Gasteiger charge is 2.22. The van der Waals surface area contributed by atoms with E-state index in [1.165, 1.54) is 12.1 Å². The summed E-state index contributed by atoms with van der Waals surface area (Å²) in [5.74, 6) is 0.522. The third-order valence-electron chi connectivity index (χ3n) is 3.55. The molecule has 0 aromatic heterocycles. The quantitative estimate of drug-likeness (QED) is 0.874. The first-order chi connectivity index (χ1) is 9.05. The molecule has 0 radical (unpaired) electrons. The molecule has 0 atom stereocenters. The average Bonchev–Trinajstić information content (AvgIpc) is 2.83. The van der Waals surface area contributed by atoms with Gasteiger partial charge >= 0.3 is 0 Å². The second-order valence-corrected chi connectivity index (χ2v) is 7.43. The summed E-state index contributed by atoms with van der Waals surface area (Å²) in [7, 11) is -2.98. The lowest BCUT2D eigenvalue weighted by molar-refractivity contribution is 0.559. The summed E-state index contributed by atoms with van der Waals surface area (Å²) in [6, 6.07) is 5.93. The predicted molar refractivity (Wildman–Crippen MR) is 75.5 cm³/mol. The number of hydrogen-bond acceptors (Lipinski definition) is 3. The van der Waals surface area contributed by atoms with Crippen LogP contribution in [0.25, 0.3) is 0 Å². The molecule has 0 amide bonds. The Morgan fingerprint density at radius 3 is 2.42 bits per heavy atom. The second kappa shape index (κ2) is 6.37. The maximum absolute atomic E-state index is 12.7. The van der Waals surface area contributed by atoms with Crippen LogP contribution < -0.4 is 5.32 Å². The minimum Gasteiger partial charge on any atom is -0.384 e. The van der Waals surface area contributed by atoms with Crippen molar-refractivity contribution in [3.63, 3.8) is 0 Å². The van der Waals surface area contributed by atoms with Gasteiger partial charge in [0.2, 0.25) is 0 Å². The molecule has 0 saturated heterocycles. The van der Waals surface area contributed by atoms with E-state index in [-0.39, 0.29) is 11.6 Å². The van der Waals surface area contributed by atoms with Gasteiger partial charge in [-0.3, -0.25) is 0 Å². The summed E-state index contributed by atoms with van der Waals surface area (Å²) in [6.45, 7) is 0.376. The van der Waals surface area contributed by atoms with E-state index in [0.717, 1.165) is 31.4 Å². The van der Waals surface area contributed by atoms with Gasteiger partial charge in [0.1, 0.15) is 5.82 Å². The molecule has 0 unspecified atom stereocenters. The Morgan fingerprint density at radius 1 is 1.16 bits per heavy atom. The largest absolute Gasteiger partial charge is 0.384 e. The molecule has 1 aliphatic rings. The fourth-order valence-corrected chi connectivity index (χ4v) is 4.17. The van der Waals surface area contributed by atoms with Crippen molar-refractivity contribution in [2.75, 3.05) is 23.4 Å². The van der Waals surface area contributed by atoms with Crippen LogP contribution in [0.15, 0.2) is 24.3 Å². The Morgan fingerprint density at radius 2 is 1.79 bits per heavy atom. The SMILES string of the molecule is O=S(=O)(CCNc1ccc(F)cc1)CC1CCCC1. The molecule has 2 rings (SSSR count). The smallest absolute Gasteiger partial charge is 0.152 e.